The van der Waals surface area contributed by atoms with Crippen molar-refractivity contribution >= 4 is 49.8 Å². The van der Waals surface area contributed by atoms with Gasteiger partial charge in [-0.2, -0.15) is 4.98 Å². The van der Waals surface area contributed by atoms with E-state index in [2.05, 4.69) is 26.8 Å². The number of nitrogens with zero attached hydrogens (tertiary/aromatic N) is 7. The molecule has 1 unspecified atom stereocenters. The number of anilines is 4. The molecule has 3 fully saturated rings. The number of carbonyl (C=O) groups is 1. The van der Waals surface area contributed by atoms with Crippen LogP contribution in [0.15, 0.2) is 43.4 Å². The van der Waals surface area contributed by atoms with Crippen LogP contribution in [0, 0.1) is 5.92 Å². The first-order valence-corrected chi connectivity index (χ1v) is 17.7. The van der Waals surface area contributed by atoms with Gasteiger partial charge in [0, 0.05) is 67.6 Å². The highest BCUT2D eigenvalue weighted by atomic mass is 32.2. The third-order valence-electron chi connectivity index (χ3n) is 9.58. The highest BCUT2D eigenvalue weighted by Gasteiger charge is 2.39. The number of nitrogens with one attached hydrogen (secondary N) is 1. The standard InChI is InChI=1S/C32H41FN8O4S/c1-6-30(42)39-11-7-8-25(39)31-22-13-29(35-14-23(22)26(15-36-31)41-16-21(20(41)3)18-46(5,43)44)37-28-9-10-34-32(38-28)40-17-24(33)27(45-4)12-19(40)2/h6,9-10,13-15,19-21,24-25,27H,1,7-8,11-12,16-18H2,2-5H3,(H,34,35,37,38)/t19-,20-,21-,24+,25?,27-/m1/s1. The first-order valence-electron chi connectivity index (χ1n) is 15.7. The van der Waals surface area contributed by atoms with Gasteiger partial charge in [0.1, 0.15) is 27.6 Å². The van der Waals surface area contributed by atoms with Crippen molar-refractivity contribution < 1.29 is 22.3 Å². The van der Waals surface area contributed by atoms with Crippen LogP contribution in [-0.2, 0) is 19.4 Å². The summed E-state index contributed by atoms with van der Waals surface area (Å²) in [5, 5.41) is 5.00. The Hall–Kier alpha value is -3.91. The second-order valence-electron chi connectivity index (χ2n) is 12.7. The predicted molar refractivity (Wildman–Crippen MR) is 176 cm³/mol. The van der Waals surface area contributed by atoms with E-state index in [0.717, 1.165) is 35.0 Å². The predicted octanol–water partition coefficient (Wildman–Crippen LogP) is 3.83. The molecule has 0 spiro atoms. The Bertz CT molecular complexity index is 1740. The van der Waals surface area contributed by atoms with Gasteiger partial charge < -0.3 is 24.8 Å². The zero-order chi connectivity index (χ0) is 32.7. The fraction of sp³-hybridized carbons (Fsp3) is 0.531. The molecule has 3 saturated heterocycles. The number of amides is 1. The third kappa shape index (κ3) is 6.24. The number of methoxy groups -OCH3 is 1. The summed E-state index contributed by atoms with van der Waals surface area (Å²) in [6.45, 7) is 9.07. The molecule has 1 amide bonds. The SMILES string of the molecule is C=CC(=O)N1CCCC1c1ncc(N2C[C@H](CS(C)(=O)=O)[C@H]2C)c2cnc(Nc3ccnc(N4C[C@H](F)[C@H](OC)C[C@H]4C)n3)cc12. The van der Waals surface area contributed by atoms with Crippen molar-refractivity contribution in [1.29, 1.82) is 0 Å². The van der Waals surface area contributed by atoms with Crippen molar-refractivity contribution in [2.75, 3.05) is 53.9 Å². The van der Waals surface area contributed by atoms with E-state index >= 15 is 0 Å². The Kier molecular flexibility index (Phi) is 8.85. The van der Waals surface area contributed by atoms with E-state index < -0.39 is 22.1 Å². The van der Waals surface area contributed by atoms with Crippen LogP contribution in [0.4, 0.5) is 27.7 Å². The first kappa shape index (κ1) is 32.0. The topological polar surface area (TPSA) is 134 Å². The van der Waals surface area contributed by atoms with Crippen LogP contribution in [0.3, 0.4) is 0 Å². The van der Waals surface area contributed by atoms with Crippen molar-refractivity contribution in [2.45, 2.75) is 63.5 Å². The number of pyridine rings is 2. The van der Waals surface area contributed by atoms with Crippen LogP contribution in [-0.4, -0.2) is 102 Å². The lowest BCUT2D eigenvalue weighted by atomic mass is 9.90. The minimum absolute atomic E-state index is 0.00777. The van der Waals surface area contributed by atoms with E-state index in [1.165, 1.54) is 19.4 Å². The molecule has 0 aromatic carbocycles. The summed E-state index contributed by atoms with van der Waals surface area (Å²) >= 11 is 0. The van der Waals surface area contributed by atoms with Gasteiger partial charge in [0.05, 0.1) is 42.0 Å². The summed E-state index contributed by atoms with van der Waals surface area (Å²) in [4.78, 5) is 37.3. The Balaban J connectivity index is 1.34. The number of halogens is 1. The lowest BCUT2D eigenvalue weighted by Crippen LogP contribution is -2.57. The van der Waals surface area contributed by atoms with E-state index in [4.69, 9.17) is 14.7 Å². The van der Waals surface area contributed by atoms with Gasteiger partial charge in [-0.25, -0.2) is 22.8 Å². The molecule has 0 aliphatic carbocycles. The summed E-state index contributed by atoms with van der Waals surface area (Å²) in [5.74, 6) is 1.47. The maximum Gasteiger partial charge on any atom is 0.246 e. The van der Waals surface area contributed by atoms with Gasteiger partial charge in [-0.15, -0.1) is 0 Å². The number of hydrogen-bond acceptors (Lipinski definition) is 11. The fourth-order valence-electron chi connectivity index (χ4n) is 7.03. The summed E-state index contributed by atoms with van der Waals surface area (Å²) in [7, 11) is -1.57. The molecule has 14 heteroatoms. The molecule has 6 heterocycles. The third-order valence-corrected chi connectivity index (χ3v) is 10.6. The normalized spacial score (nSPS) is 26.7. The largest absolute Gasteiger partial charge is 0.378 e. The van der Waals surface area contributed by atoms with Crippen molar-refractivity contribution in [2.24, 2.45) is 5.92 Å². The molecule has 3 aromatic rings. The van der Waals surface area contributed by atoms with Gasteiger partial charge in [0.25, 0.3) is 0 Å². The number of fused-ring (bicyclic) bond motifs is 1. The molecule has 12 nitrogen and oxygen atoms in total. The molecule has 0 bridgehead atoms. The zero-order valence-electron chi connectivity index (χ0n) is 26.6. The van der Waals surface area contributed by atoms with Gasteiger partial charge in [-0.3, -0.25) is 9.78 Å². The lowest BCUT2D eigenvalue weighted by molar-refractivity contribution is -0.126. The van der Waals surface area contributed by atoms with Crippen LogP contribution in [0.5, 0.6) is 0 Å². The second kappa shape index (κ2) is 12.7. The Labute approximate surface area is 269 Å². The van der Waals surface area contributed by atoms with E-state index in [-0.39, 0.29) is 42.2 Å². The van der Waals surface area contributed by atoms with Crippen LogP contribution < -0.4 is 15.1 Å². The van der Waals surface area contributed by atoms with Gasteiger partial charge in [0.15, 0.2) is 0 Å². The van der Waals surface area contributed by atoms with Crippen LogP contribution in [0.2, 0.25) is 0 Å². The molecule has 3 aliphatic heterocycles. The van der Waals surface area contributed by atoms with Crippen molar-refractivity contribution in [3.8, 4) is 0 Å². The van der Waals surface area contributed by atoms with Gasteiger partial charge in [0.2, 0.25) is 11.9 Å². The van der Waals surface area contributed by atoms with Crippen LogP contribution >= 0.6 is 0 Å². The van der Waals surface area contributed by atoms with E-state index in [1.807, 2.05) is 31.0 Å². The van der Waals surface area contributed by atoms with Crippen molar-refractivity contribution in [3.05, 3.63) is 49.1 Å². The number of alkyl halides is 1. The monoisotopic (exact) mass is 652 g/mol. The van der Waals surface area contributed by atoms with Crippen LogP contribution in [0.25, 0.3) is 10.8 Å². The molecule has 246 valence electrons. The minimum Gasteiger partial charge on any atom is -0.378 e. The molecular weight excluding hydrogens is 611 g/mol. The second-order valence-corrected chi connectivity index (χ2v) is 14.9. The summed E-state index contributed by atoms with van der Waals surface area (Å²) < 4.78 is 44.0. The number of aromatic nitrogens is 4. The highest BCUT2D eigenvalue weighted by molar-refractivity contribution is 7.90. The Morgan fingerprint density at radius 2 is 1.96 bits per heavy atom. The molecule has 0 radical (unpaired) electrons. The maximum atomic E-state index is 14.7. The molecule has 3 aromatic heterocycles. The van der Waals surface area contributed by atoms with Crippen LogP contribution in [0.1, 0.15) is 44.8 Å². The number of piperidine rings is 1. The lowest BCUT2D eigenvalue weighted by Gasteiger charge is -2.48. The van der Waals surface area contributed by atoms with E-state index in [0.29, 0.717) is 37.1 Å². The highest BCUT2D eigenvalue weighted by Crippen LogP contribution is 2.41. The maximum absolute atomic E-state index is 14.7. The number of hydrogen-bond donors (Lipinski definition) is 1. The zero-order valence-corrected chi connectivity index (χ0v) is 27.5. The molecule has 46 heavy (non-hydrogen) atoms. The quantitative estimate of drug-likeness (QED) is 0.338. The summed E-state index contributed by atoms with van der Waals surface area (Å²) in [5.41, 5.74) is 1.64. The number of rotatable bonds is 9. The van der Waals surface area contributed by atoms with Crippen molar-refractivity contribution in [3.63, 3.8) is 0 Å². The van der Waals surface area contributed by atoms with Gasteiger partial charge >= 0.3 is 0 Å². The van der Waals surface area contributed by atoms with E-state index in [1.54, 1.807) is 23.4 Å². The van der Waals surface area contributed by atoms with Crippen molar-refractivity contribution in [1.82, 2.24) is 24.8 Å². The Morgan fingerprint density at radius 1 is 1.15 bits per heavy atom. The van der Waals surface area contributed by atoms with E-state index in [9.17, 15) is 17.6 Å². The molecule has 6 atom stereocenters. The average Bonchev–Trinajstić information content (AvgIpc) is 3.52. The van der Waals surface area contributed by atoms with Gasteiger partial charge in [-0.1, -0.05) is 6.58 Å². The molecular formula is C32H41FN8O4S. The molecule has 6 rings (SSSR count). The first-order chi connectivity index (χ1) is 22.0. The number of carbonyl (C=O) groups excluding carboxylic acids is 1. The average molecular weight is 653 g/mol. The number of ether oxygens (including phenoxy) is 1. The molecule has 3 aliphatic rings. The molecule has 1 N–H and O–H groups in total. The minimum atomic E-state index is -3.10. The number of sulfone groups is 1. The summed E-state index contributed by atoms with van der Waals surface area (Å²) in [6, 6.07) is 3.43. The smallest absolute Gasteiger partial charge is 0.246 e. The Morgan fingerprint density at radius 3 is 2.67 bits per heavy atom. The molecule has 0 saturated carbocycles. The fourth-order valence-corrected chi connectivity index (χ4v) is 8.19. The number of likely N-dealkylation sites (tertiary alicyclic amines) is 1. The van der Waals surface area contributed by atoms with Gasteiger partial charge in [-0.05, 0) is 51.3 Å². The summed E-state index contributed by atoms with van der Waals surface area (Å²) in [6.07, 6.45) is 8.39.